The molecule has 2 heterocycles. The van der Waals surface area contributed by atoms with Crippen molar-refractivity contribution in [2.24, 2.45) is 0 Å². The number of hydrogen-bond donors (Lipinski definition) is 2. The first-order valence-corrected chi connectivity index (χ1v) is 11.7. The summed E-state index contributed by atoms with van der Waals surface area (Å²) in [5.41, 5.74) is 3.81. The van der Waals surface area contributed by atoms with Gasteiger partial charge in [0.1, 0.15) is 5.75 Å². The van der Waals surface area contributed by atoms with Gasteiger partial charge in [0.05, 0.1) is 35.7 Å². The number of carbonyl (C=O) groups excluding carboxylic acids is 2. The molecule has 8 nitrogen and oxygen atoms in total. The molecule has 1 atom stereocenters. The van der Waals surface area contributed by atoms with Crippen LogP contribution in [0, 0.1) is 0 Å². The summed E-state index contributed by atoms with van der Waals surface area (Å²) in [7, 11) is 0. The van der Waals surface area contributed by atoms with E-state index >= 15 is 0 Å². The lowest BCUT2D eigenvalue weighted by Gasteiger charge is -2.28. The number of allylic oxidation sites excluding steroid dienone is 1. The summed E-state index contributed by atoms with van der Waals surface area (Å²) < 4.78 is 13.0. The van der Waals surface area contributed by atoms with Crippen molar-refractivity contribution < 1.29 is 19.1 Å². The van der Waals surface area contributed by atoms with E-state index in [0.717, 1.165) is 23.4 Å². The fourth-order valence-electron chi connectivity index (χ4n) is 3.94. The predicted octanol–water partition coefficient (Wildman–Crippen LogP) is 4.91. The topological polar surface area (TPSA) is 94.5 Å². The van der Waals surface area contributed by atoms with E-state index in [-0.39, 0.29) is 6.10 Å². The van der Waals surface area contributed by atoms with Gasteiger partial charge in [0, 0.05) is 23.0 Å². The molecule has 3 aromatic rings. The van der Waals surface area contributed by atoms with Gasteiger partial charge < -0.3 is 20.1 Å². The molecule has 1 aliphatic rings. The van der Waals surface area contributed by atoms with E-state index in [1.165, 1.54) is 0 Å². The van der Waals surface area contributed by atoms with Gasteiger partial charge in [-0.15, -0.1) is 0 Å². The van der Waals surface area contributed by atoms with Gasteiger partial charge in [0.2, 0.25) is 0 Å². The Hall–Kier alpha value is -4.07. The molecule has 1 unspecified atom stereocenters. The number of aromatic nitrogens is 2. The largest absolute Gasteiger partial charge is 0.494 e. The lowest BCUT2D eigenvalue weighted by atomic mass is 9.93. The number of para-hydroxylation sites is 1. The second-order valence-corrected chi connectivity index (χ2v) is 8.61. The Labute approximate surface area is 204 Å². The average molecular weight is 475 g/mol. The van der Waals surface area contributed by atoms with Crippen LogP contribution < -0.4 is 15.4 Å². The first kappa shape index (κ1) is 24.1. The summed E-state index contributed by atoms with van der Waals surface area (Å²) in [4.78, 5) is 25.5. The van der Waals surface area contributed by atoms with Crippen LogP contribution in [0.15, 0.2) is 72.1 Å². The zero-order valence-electron chi connectivity index (χ0n) is 20.4. The van der Waals surface area contributed by atoms with Crippen molar-refractivity contribution in [3.63, 3.8) is 0 Å². The molecule has 0 saturated carbocycles. The molecule has 2 N–H and O–H groups in total. The highest BCUT2D eigenvalue weighted by Crippen LogP contribution is 2.35. The highest BCUT2D eigenvalue weighted by Gasteiger charge is 2.35. The zero-order valence-corrected chi connectivity index (χ0v) is 20.4. The quantitative estimate of drug-likeness (QED) is 0.453. The summed E-state index contributed by atoms with van der Waals surface area (Å²) in [6.07, 6.45) is 2.46. The molecule has 8 heteroatoms. The summed E-state index contributed by atoms with van der Waals surface area (Å²) in [6.45, 7) is 7.97. The number of rotatable bonds is 8. The van der Waals surface area contributed by atoms with E-state index in [4.69, 9.17) is 14.6 Å². The Morgan fingerprint density at radius 1 is 1.11 bits per heavy atom. The number of amides is 2. The number of esters is 1. The fraction of sp³-hybridized carbons (Fsp3) is 0.296. The Morgan fingerprint density at radius 3 is 2.49 bits per heavy atom. The molecule has 1 aliphatic heterocycles. The highest BCUT2D eigenvalue weighted by atomic mass is 16.5. The van der Waals surface area contributed by atoms with Crippen molar-refractivity contribution in [2.45, 2.75) is 46.3 Å². The third-order valence-electron chi connectivity index (χ3n) is 5.51. The van der Waals surface area contributed by atoms with Crippen molar-refractivity contribution in [1.82, 2.24) is 20.4 Å². The second-order valence-electron chi connectivity index (χ2n) is 8.61. The Bertz CT molecular complexity index is 1230. The van der Waals surface area contributed by atoms with Crippen LogP contribution in [0.25, 0.3) is 16.9 Å². The number of hydrogen-bond acceptors (Lipinski definition) is 5. The van der Waals surface area contributed by atoms with Gasteiger partial charge in [0.15, 0.2) is 0 Å². The maximum Gasteiger partial charge on any atom is 0.338 e. The molecule has 0 radical (unpaired) electrons. The molecule has 2 aromatic carbocycles. The van der Waals surface area contributed by atoms with E-state index in [1.54, 1.807) is 25.5 Å². The van der Waals surface area contributed by atoms with E-state index in [0.29, 0.717) is 29.1 Å². The standard InChI is InChI=1S/C27H30N4O4/c1-5-15-34-21-13-11-19(12-14-21)24-22(16-31(30-24)20-9-7-6-8-10-20)25-23(26(32)35-17(2)3)18(4)28-27(33)29-25/h6-14,16-17,25H,5,15H2,1-4H3,(H2,28,29,33). The summed E-state index contributed by atoms with van der Waals surface area (Å²) in [5.74, 6) is 0.281. The molecule has 35 heavy (non-hydrogen) atoms. The number of carbonyl (C=O) groups is 2. The smallest absolute Gasteiger partial charge is 0.338 e. The zero-order chi connectivity index (χ0) is 24.9. The monoisotopic (exact) mass is 474 g/mol. The third-order valence-corrected chi connectivity index (χ3v) is 5.51. The average Bonchev–Trinajstić information content (AvgIpc) is 3.28. The van der Waals surface area contributed by atoms with Gasteiger partial charge in [-0.3, -0.25) is 0 Å². The van der Waals surface area contributed by atoms with Gasteiger partial charge in [-0.2, -0.15) is 5.10 Å². The van der Waals surface area contributed by atoms with Gasteiger partial charge in [-0.05, 0) is 63.6 Å². The first-order chi connectivity index (χ1) is 16.9. The van der Waals surface area contributed by atoms with E-state index in [9.17, 15) is 9.59 Å². The van der Waals surface area contributed by atoms with E-state index < -0.39 is 18.0 Å². The minimum atomic E-state index is -0.738. The van der Waals surface area contributed by atoms with Crippen LogP contribution in [0.2, 0.25) is 0 Å². The molecular formula is C27H30N4O4. The van der Waals surface area contributed by atoms with Crippen molar-refractivity contribution in [3.8, 4) is 22.7 Å². The molecular weight excluding hydrogens is 444 g/mol. The van der Waals surface area contributed by atoms with Crippen molar-refractivity contribution >= 4 is 12.0 Å². The lowest BCUT2D eigenvalue weighted by Crippen LogP contribution is -2.45. The predicted molar refractivity (Wildman–Crippen MR) is 133 cm³/mol. The maximum absolute atomic E-state index is 13.1. The lowest BCUT2D eigenvalue weighted by molar-refractivity contribution is -0.143. The van der Waals surface area contributed by atoms with Crippen LogP contribution in [0.3, 0.4) is 0 Å². The van der Waals surface area contributed by atoms with E-state index in [2.05, 4.69) is 17.6 Å². The van der Waals surface area contributed by atoms with Crippen LogP contribution in [0.5, 0.6) is 5.75 Å². The molecule has 0 saturated heterocycles. The van der Waals surface area contributed by atoms with E-state index in [1.807, 2.05) is 60.8 Å². The maximum atomic E-state index is 13.1. The molecule has 2 amide bonds. The van der Waals surface area contributed by atoms with Crippen LogP contribution >= 0.6 is 0 Å². The Kier molecular flexibility index (Phi) is 7.19. The van der Waals surface area contributed by atoms with Crippen molar-refractivity contribution in [2.75, 3.05) is 6.61 Å². The Morgan fingerprint density at radius 2 is 1.83 bits per heavy atom. The summed E-state index contributed by atoms with van der Waals surface area (Å²) in [5, 5.41) is 10.4. The Balaban J connectivity index is 1.83. The highest BCUT2D eigenvalue weighted by molar-refractivity contribution is 5.95. The fourth-order valence-corrected chi connectivity index (χ4v) is 3.94. The van der Waals surface area contributed by atoms with Crippen LogP contribution in [0.4, 0.5) is 4.79 Å². The molecule has 0 aliphatic carbocycles. The minimum Gasteiger partial charge on any atom is -0.494 e. The number of urea groups is 1. The molecule has 1 aromatic heterocycles. The number of benzene rings is 2. The van der Waals surface area contributed by atoms with Crippen LogP contribution in [0.1, 0.15) is 45.7 Å². The van der Waals surface area contributed by atoms with Crippen molar-refractivity contribution in [1.29, 1.82) is 0 Å². The SMILES string of the molecule is CCCOc1ccc(-c2nn(-c3ccccc3)cc2C2NC(=O)NC(C)=C2C(=O)OC(C)C)cc1. The first-order valence-electron chi connectivity index (χ1n) is 11.7. The normalized spacial score (nSPS) is 15.6. The molecule has 0 bridgehead atoms. The van der Waals surface area contributed by atoms with Gasteiger partial charge in [-0.25, -0.2) is 14.3 Å². The summed E-state index contributed by atoms with van der Waals surface area (Å²) >= 11 is 0. The second kappa shape index (κ2) is 10.5. The molecule has 0 spiro atoms. The summed E-state index contributed by atoms with van der Waals surface area (Å²) in [6, 6.07) is 16.2. The van der Waals surface area contributed by atoms with Gasteiger partial charge in [0.25, 0.3) is 0 Å². The van der Waals surface area contributed by atoms with Gasteiger partial charge >= 0.3 is 12.0 Å². The van der Waals surface area contributed by atoms with Gasteiger partial charge in [-0.1, -0.05) is 25.1 Å². The number of nitrogens with zero attached hydrogens (tertiary/aromatic N) is 2. The third kappa shape index (κ3) is 5.37. The minimum absolute atomic E-state index is 0.303. The molecule has 4 rings (SSSR count). The number of nitrogens with one attached hydrogen (secondary N) is 2. The molecule has 182 valence electrons. The van der Waals surface area contributed by atoms with Crippen molar-refractivity contribution in [3.05, 3.63) is 77.6 Å². The van der Waals surface area contributed by atoms with Crippen LogP contribution in [-0.4, -0.2) is 34.5 Å². The number of ether oxygens (including phenoxy) is 2. The molecule has 0 fully saturated rings. The van der Waals surface area contributed by atoms with Crippen LogP contribution in [-0.2, 0) is 9.53 Å².